The number of nitrogens with one attached hydrogen (secondary N) is 4. The molecule has 0 atom stereocenters. The lowest BCUT2D eigenvalue weighted by Gasteiger charge is -2.32. The van der Waals surface area contributed by atoms with Crippen molar-refractivity contribution in [3.8, 4) is 11.5 Å². The second kappa shape index (κ2) is 17.6. The minimum atomic E-state index is -0.620. The number of halogens is 1. The van der Waals surface area contributed by atoms with Crippen molar-refractivity contribution in [3.63, 3.8) is 0 Å². The van der Waals surface area contributed by atoms with Gasteiger partial charge in [-0.3, -0.25) is 0 Å². The number of H-pyrrole nitrogens is 4. The zero-order chi connectivity index (χ0) is 48.1. The van der Waals surface area contributed by atoms with Crippen molar-refractivity contribution in [2.24, 2.45) is 0 Å². The van der Waals surface area contributed by atoms with Gasteiger partial charge in [-0.05, 0) is 162 Å². The molecule has 0 amide bonds. The van der Waals surface area contributed by atoms with Crippen molar-refractivity contribution in [2.45, 2.75) is 95.6 Å². The van der Waals surface area contributed by atoms with E-state index < -0.39 is 27.3 Å². The Morgan fingerprint density at radius 2 is 1.13 bits per heavy atom. The summed E-state index contributed by atoms with van der Waals surface area (Å²) in [5.41, 5.74) is 9.77. The van der Waals surface area contributed by atoms with Gasteiger partial charge >= 0.3 is 5.63 Å². The van der Waals surface area contributed by atoms with Crippen LogP contribution < -0.4 is 10.4 Å². The Balaban J connectivity index is 0.805. The van der Waals surface area contributed by atoms with Gasteiger partial charge in [-0.15, -0.1) is 5.10 Å². The number of aromatic amines is 4. The number of phenolic OH excluding ortho intramolecular Hbond substituents is 1. The highest BCUT2D eigenvalue weighted by Gasteiger charge is 2.41. The zero-order valence-corrected chi connectivity index (χ0v) is 39.9. The number of nitrogens with zero attached hydrogens (tertiary/aromatic N) is 3. The largest absolute Gasteiger partial charge is 0.508 e. The number of hydrogen-bond donors (Lipinski definition) is 5. The third-order valence-corrected chi connectivity index (χ3v) is 14.6. The van der Waals surface area contributed by atoms with Crippen LogP contribution in [0.4, 0.5) is 4.39 Å². The molecule has 5 N–H and O–H groups in total. The number of aromatic nitrogens is 7. The first-order valence-corrected chi connectivity index (χ1v) is 23.6. The molecule has 354 valence electrons. The number of fused-ring (bicyclic) bond motifs is 9. The van der Waals surface area contributed by atoms with Crippen molar-refractivity contribution in [3.05, 3.63) is 212 Å². The Bertz CT molecular complexity index is 3220. The summed E-state index contributed by atoms with van der Waals surface area (Å²) in [7, 11) is 0. The third-order valence-electron chi connectivity index (χ3n) is 14.6. The van der Waals surface area contributed by atoms with Crippen LogP contribution in [0.5, 0.6) is 11.5 Å². The van der Waals surface area contributed by atoms with Crippen LogP contribution in [0, 0.1) is 5.82 Å². The Morgan fingerprint density at radius 3 is 1.68 bits per heavy atom. The van der Waals surface area contributed by atoms with E-state index in [2.05, 4.69) is 145 Å². The average molecular weight is 928 g/mol. The summed E-state index contributed by atoms with van der Waals surface area (Å²) in [5, 5.41) is 19.0. The summed E-state index contributed by atoms with van der Waals surface area (Å²) in [6, 6.07) is 39.0. The summed E-state index contributed by atoms with van der Waals surface area (Å²) < 4.78 is 33.4. The zero-order valence-electron chi connectivity index (χ0n) is 39.9. The first kappa shape index (κ1) is 45.4. The maximum Gasteiger partial charge on any atom is 0.336 e. The summed E-state index contributed by atoms with van der Waals surface area (Å²) in [6.45, 7) is 15.2. The summed E-state index contributed by atoms with van der Waals surface area (Å²) >= 11 is 0. The van der Waals surface area contributed by atoms with Crippen LogP contribution in [-0.4, -0.2) is 53.3 Å². The smallest absolute Gasteiger partial charge is 0.336 e. The van der Waals surface area contributed by atoms with E-state index in [1.54, 1.807) is 23.0 Å². The fourth-order valence-electron chi connectivity index (χ4n) is 9.93. The van der Waals surface area contributed by atoms with Crippen molar-refractivity contribution in [1.29, 1.82) is 0 Å². The van der Waals surface area contributed by atoms with Crippen LogP contribution in [0.1, 0.15) is 129 Å². The topological polar surface area (TPSA) is 163 Å². The van der Waals surface area contributed by atoms with Crippen LogP contribution in [0.25, 0.3) is 11.0 Å². The molecule has 8 bridgehead atoms. The molecule has 1 aliphatic heterocycles. The molecular formula is C56H58FN7O5. The van der Waals surface area contributed by atoms with Crippen LogP contribution in [0.3, 0.4) is 0 Å². The maximum absolute atomic E-state index is 14.3. The molecule has 0 fully saturated rings. The van der Waals surface area contributed by atoms with Crippen LogP contribution >= 0.6 is 0 Å². The van der Waals surface area contributed by atoms with Gasteiger partial charge in [0.15, 0.2) is 0 Å². The summed E-state index contributed by atoms with van der Waals surface area (Å²) in [6.07, 6.45) is 4.51. The molecule has 13 heteroatoms. The lowest BCUT2D eigenvalue weighted by atomic mass is 9.76. The van der Waals surface area contributed by atoms with Gasteiger partial charge in [-0.1, -0.05) is 29.5 Å². The molecule has 7 heterocycles. The van der Waals surface area contributed by atoms with Gasteiger partial charge in [-0.2, -0.15) is 0 Å². The molecule has 1 aliphatic rings. The standard InChI is InChI=1S/C56H58FN7O5/c1-53(2)44-20-24-48(58-44)55(5,36-10-14-38(57)15-11-36)49-25-21-45(59-49)54(3,4)47-23-27-51(61-47)56(6,50-26-22-46(53)60-50)37-12-17-41(18-13-37)68-29-9-7-8-28-67-34-39-33-64(63-62-39)32-35-30-52(66)69-43-31-40(65)16-19-42(35)43/h10-27,30-31,33,58-61,65H,7-9,28-29,32,34H2,1-6H3. The fourth-order valence-corrected chi connectivity index (χ4v) is 9.93. The number of phenols is 1. The normalized spacial score (nSPS) is 18.4. The molecular weight excluding hydrogens is 870 g/mol. The Hall–Kier alpha value is -7.38. The van der Waals surface area contributed by atoms with E-state index in [0.29, 0.717) is 37.6 Å². The van der Waals surface area contributed by atoms with E-state index in [9.17, 15) is 14.3 Å². The molecule has 9 aromatic rings. The quantitative estimate of drug-likeness (QED) is 0.0568. The van der Waals surface area contributed by atoms with Gasteiger partial charge in [-0.25, -0.2) is 13.9 Å². The number of aromatic hydroxyl groups is 1. The molecule has 0 saturated heterocycles. The first-order chi connectivity index (χ1) is 33.1. The number of rotatable bonds is 13. The van der Waals surface area contributed by atoms with E-state index in [-0.39, 0.29) is 11.6 Å². The first-order valence-electron chi connectivity index (χ1n) is 23.6. The molecule has 3 aromatic carbocycles. The van der Waals surface area contributed by atoms with Gasteiger partial charge in [0, 0.05) is 80.5 Å². The second-order valence-electron chi connectivity index (χ2n) is 19.8. The van der Waals surface area contributed by atoms with Crippen molar-refractivity contribution in [1.82, 2.24) is 34.9 Å². The minimum Gasteiger partial charge on any atom is -0.508 e. The lowest BCUT2D eigenvalue weighted by Crippen LogP contribution is -2.29. The average Bonchev–Trinajstić information content (AvgIpc) is 4.20. The van der Waals surface area contributed by atoms with Gasteiger partial charge in [0.25, 0.3) is 0 Å². The molecule has 0 saturated carbocycles. The van der Waals surface area contributed by atoms with Gasteiger partial charge < -0.3 is 38.9 Å². The molecule has 0 spiro atoms. The molecule has 6 aromatic heterocycles. The van der Waals surface area contributed by atoms with E-state index in [0.717, 1.165) is 92.6 Å². The van der Waals surface area contributed by atoms with E-state index >= 15 is 0 Å². The highest BCUT2D eigenvalue weighted by molar-refractivity contribution is 5.81. The molecule has 0 radical (unpaired) electrons. The molecule has 12 nitrogen and oxygen atoms in total. The van der Waals surface area contributed by atoms with E-state index in [1.165, 1.54) is 24.3 Å². The SMILES string of the molecule is CC1(C)c2ccc([nH]2)C(C)(c2ccc(F)cc2)c2ccc([nH]2)C(C)(C)c2ccc([nH]2)C(C)(c2ccc(OCCCCCOCc3cn(Cc4cc(=O)oc5cc(O)ccc45)nn3)cc2)c2ccc1[nH]2. The van der Waals surface area contributed by atoms with Gasteiger partial charge in [0.1, 0.15) is 28.6 Å². The van der Waals surface area contributed by atoms with Crippen molar-refractivity contribution >= 4 is 11.0 Å². The van der Waals surface area contributed by atoms with Crippen LogP contribution in [0.2, 0.25) is 0 Å². The number of ether oxygens (including phenoxy) is 2. The van der Waals surface area contributed by atoms with Gasteiger partial charge in [0.05, 0.1) is 36.8 Å². The van der Waals surface area contributed by atoms with E-state index in [1.807, 2.05) is 12.1 Å². The van der Waals surface area contributed by atoms with Crippen LogP contribution in [0.15, 0.2) is 137 Å². The number of benzene rings is 3. The van der Waals surface area contributed by atoms with Crippen molar-refractivity contribution < 1.29 is 23.4 Å². The van der Waals surface area contributed by atoms with Gasteiger partial charge in [0.2, 0.25) is 0 Å². The summed E-state index contributed by atoms with van der Waals surface area (Å²) in [5.74, 6) is 0.583. The third kappa shape index (κ3) is 8.38. The molecule has 10 rings (SSSR count). The molecule has 0 aliphatic carbocycles. The predicted molar refractivity (Wildman–Crippen MR) is 264 cm³/mol. The molecule has 0 unspecified atom stereocenters. The van der Waals surface area contributed by atoms with Crippen LogP contribution in [-0.2, 0) is 39.5 Å². The maximum atomic E-state index is 14.3. The van der Waals surface area contributed by atoms with Crippen molar-refractivity contribution in [2.75, 3.05) is 13.2 Å². The highest BCUT2D eigenvalue weighted by Crippen LogP contribution is 2.45. The predicted octanol–water partition coefficient (Wildman–Crippen LogP) is 11.0. The minimum absolute atomic E-state index is 0.0284. The monoisotopic (exact) mass is 927 g/mol. The number of hydrogen-bond acceptors (Lipinski definition) is 7. The Labute approximate surface area is 399 Å². The highest BCUT2D eigenvalue weighted by atomic mass is 19.1. The number of unbranched alkanes of at least 4 members (excludes halogenated alkanes) is 2. The lowest BCUT2D eigenvalue weighted by molar-refractivity contribution is 0.113. The second-order valence-corrected chi connectivity index (χ2v) is 19.8. The summed E-state index contributed by atoms with van der Waals surface area (Å²) in [4.78, 5) is 27.6. The fraction of sp³-hybridized carbons (Fsp3) is 0.304. The Morgan fingerprint density at radius 1 is 0.623 bits per heavy atom. The molecule has 69 heavy (non-hydrogen) atoms. The van der Waals surface area contributed by atoms with E-state index in [4.69, 9.17) is 13.9 Å². The Kier molecular flexibility index (Phi) is 11.6.